The third-order valence-electron chi connectivity index (χ3n) is 3.44. The lowest BCUT2D eigenvalue weighted by atomic mass is 9.81. The van der Waals surface area contributed by atoms with Crippen LogP contribution >= 0.6 is 0 Å². The Morgan fingerprint density at radius 2 is 1.94 bits per heavy atom. The molecule has 1 amide bonds. The zero-order chi connectivity index (χ0) is 13.8. The molecule has 0 spiro atoms. The highest BCUT2D eigenvalue weighted by atomic mass is 19.4. The molecular weight excluding hydrogens is 245 g/mol. The molecule has 1 aliphatic rings. The molecule has 18 heavy (non-hydrogen) atoms. The lowest BCUT2D eigenvalue weighted by molar-refractivity contribution is -0.184. The van der Waals surface area contributed by atoms with Crippen LogP contribution in [-0.2, 0) is 4.79 Å². The van der Waals surface area contributed by atoms with Crippen molar-refractivity contribution >= 4 is 5.91 Å². The summed E-state index contributed by atoms with van der Waals surface area (Å²) in [5.41, 5.74) is 0. The van der Waals surface area contributed by atoms with E-state index >= 15 is 0 Å². The van der Waals surface area contributed by atoms with Crippen molar-refractivity contribution in [2.75, 3.05) is 0 Å². The van der Waals surface area contributed by atoms with Gasteiger partial charge in [0, 0.05) is 5.92 Å². The summed E-state index contributed by atoms with van der Waals surface area (Å²) in [6, 6.07) is 1.40. The SMILES string of the molecule is CCC(C#N)NC(=O)C1CCC(C(F)(F)F)CC1. The van der Waals surface area contributed by atoms with Crippen LogP contribution in [0.25, 0.3) is 0 Å². The fraction of sp³-hybridized carbons (Fsp3) is 0.833. The Labute approximate surface area is 104 Å². The van der Waals surface area contributed by atoms with Gasteiger partial charge in [0.1, 0.15) is 6.04 Å². The number of halogens is 3. The van der Waals surface area contributed by atoms with E-state index in [-0.39, 0.29) is 37.5 Å². The van der Waals surface area contributed by atoms with E-state index in [4.69, 9.17) is 5.26 Å². The van der Waals surface area contributed by atoms with Crippen LogP contribution in [0.1, 0.15) is 39.0 Å². The van der Waals surface area contributed by atoms with E-state index in [0.717, 1.165) is 0 Å². The van der Waals surface area contributed by atoms with Crippen molar-refractivity contribution in [3.05, 3.63) is 0 Å². The van der Waals surface area contributed by atoms with E-state index in [1.165, 1.54) is 0 Å². The van der Waals surface area contributed by atoms with Gasteiger partial charge in [-0.05, 0) is 32.1 Å². The predicted molar refractivity (Wildman–Crippen MR) is 59.3 cm³/mol. The molecule has 102 valence electrons. The van der Waals surface area contributed by atoms with Crippen molar-refractivity contribution in [3.63, 3.8) is 0 Å². The van der Waals surface area contributed by atoms with Gasteiger partial charge in [-0.3, -0.25) is 4.79 Å². The Bertz CT molecular complexity index is 327. The molecule has 0 bridgehead atoms. The molecule has 0 aliphatic heterocycles. The fourth-order valence-corrected chi connectivity index (χ4v) is 2.20. The van der Waals surface area contributed by atoms with Crippen molar-refractivity contribution < 1.29 is 18.0 Å². The molecule has 1 atom stereocenters. The van der Waals surface area contributed by atoms with Gasteiger partial charge >= 0.3 is 6.18 Å². The molecule has 0 aromatic rings. The first-order valence-electron chi connectivity index (χ1n) is 6.15. The quantitative estimate of drug-likeness (QED) is 0.850. The lowest BCUT2D eigenvalue weighted by Crippen LogP contribution is -2.40. The number of carbonyl (C=O) groups is 1. The molecule has 0 aromatic heterocycles. The summed E-state index contributed by atoms with van der Waals surface area (Å²) in [7, 11) is 0. The van der Waals surface area contributed by atoms with E-state index in [1.807, 2.05) is 6.07 Å². The Balaban J connectivity index is 2.44. The monoisotopic (exact) mass is 262 g/mol. The number of carbonyl (C=O) groups excluding carboxylic acids is 1. The normalized spacial score (nSPS) is 26.2. The van der Waals surface area contributed by atoms with Gasteiger partial charge in [-0.1, -0.05) is 6.92 Å². The predicted octanol–water partition coefficient (Wildman–Crippen LogP) is 2.77. The first kappa shape index (κ1) is 14.8. The average molecular weight is 262 g/mol. The van der Waals surface area contributed by atoms with Gasteiger partial charge in [0.05, 0.1) is 12.0 Å². The molecule has 1 saturated carbocycles. The second kappa shape index (κ2) is 6.07. The third kappa shape index (κ3) is 3.90. The van der Waals surface area contributed by atoms with Crippen LogP contribution in [-0.4, -0.2) is 18.1 Å². The number of amides is 1. The minimum atomic E-state index is -4.15. The van der Waals surface area contributed by atoms with Crippen molar-refractivity contribution in [2.45, 2.75) is 51.2 Å². The summed E-state index contributed by atoms with van der Waals surface area (Å²) < 4.78 is 37.3. The van der Waals surface area contributed by atoms with Gasteiger partial charge in [-0.2, -0.15) is 18.4 Å². The first-order valence-corrected chi connectivity index (χ1v) is 6.15. The van der Waals surface area contributed by atoms with E-state index < -0.39 is 18.1 Å². The van der Waals surface area contributed by atoms with E-state index in [1.54, 1.807) is 6.92 Å². The molecule has 1 fully saturated rings. The molecule has 0 heterocycles. The average Bonchev–Trinajstić information content (AvgIpc) is 2.34. The van der Waals surface area contributed by atoms with Crippen molar-refractivity contribution in [1.29, 1.82) is 5.26 Å². The van der Waals surface area contributed by atoms with Gasteiger partial charge in [0.25, 0.3) is 0 Å². The molecule has 1 aliphatic carbocycles. The van der Waals surface area contributed by atoms with Crippen LogP contribution in [0.3, 0.4) is 0 Å². The lowest BCUT2D eigenvalue weighted by Gasteiger charge is -2.29. The third-order valence-corrected chi connectivity index (χ3v) is 3.44. The topological polar surface area (TPSA) is 52.9 Å². The fourth-order valence-electron chi connectivity index (χ4n) is 2.20. The number of nitriles is 1. The molecule has 0 saturated heterocycles. The van der Waals surface area contributed by atoms with Crippen LogP contribution < -0.4 is 5.32 Å². The minimum Gasteiger partial charge on any atom is -0.340 e. The maximum Gasteiger partial charge on any atom is 0.391 e. The van der Waals surface area contributed by atoms with Gasteiger partial charge in [-0.15, -0.1) is 0 Å². The number of alkyl halides is 3. The van der Waals surface area contributed by atoms with Crippen molar-refractivity contribution in [3.8, 4) is 6.07 Å². The Morgan fingerprint density at radius 1 is 1.39 bits per heavy atom. The summed E-state index contributed by atoms with van der Waals surface area (Å²) in [6.07, 6.45) is -3.15. The largest absolute Gasteiger partial charge is 0.391 e. The summed E-state index contributed by atoms with van der Waals surface area (Å²) in [5, 5.41) is 11.3. The number of rotatable bonds is 3. The highest BCUT2D eigenvalue weighted by molar-refractivity contribution is 5.79. The highest BCUT2D eigenvalue weighted by Gasteiger charge is 2.42. The highest BCUT2D eigenvalue weighted by Crippen LogP contribution is 2.39. The summed E-state index contributed by atoms with van der Waals surface area (Å²) in [4.78, 5) is 11.7. The molecular formula is C12H17F3N2O. The van der Waals surface area contributed by atoms with Crippen molar-refractivity contribution in [1.82, 2.24) is 5.32 Å². The number of hydrogen-bond acceptors (Lipinski definition) is 2. The van der Waals surface area contributed by atoms with E-state index in [0.29, 0.717) is 6.42 Å². The summed E-state index contributed by atoms with van der Waals surface area (Å²) in [6.45, 7) is 1.77. The zero-order valence-electron chi connectivity index (χ0n) is 10.3. The van der Waals surface area contributed by atoms with Crippen molar-refractivity contribution in [2.24, 2.45) is 11.8 Å². The Kier molecular flexibility index (Phi) is 5.00. The van der Waals surface area contributed by atoms with E-state index in [9.17, 15) is 18.0 Å². The minimum absolute atomic E-state index is 0.00489. The standard InChI is InChI=1S/C12H17F3N2O/c1-2-10(7-16)17-11(18)8-3-5-9(6-4-8)12(13,14)15/h8-10H,2-6H2,1H3,(H,17,18). The van der Waals surface area contributed by atoms with E-state index in [2.05, 4.69) is 5.32 Å². The maximum atomic E-state index is 12.4. The van der Waals surface area contributed by atoms with Gasteiger partial charge in [0.2, 0.25) is 5.91 Å². The van der Waals surface area contributed by atoms with Gasteiger partial charge in [0.15, 0.2) is 0 Å². The number of nitrogens with one attached hydrogen (secondary N) is 1. The molecule has 1 rings (SSSR count). The Hall–Kier alpha value is -1.25. The molecule has 0 aromatic carbocycles. The molecule has 6 heteroatoms. The molecule has 0 radical (unpaired) electrons. The number of hydrogen-bond donors (Lipinski definition) is 1. The van der Waals surface area contributed by atoms with Crippen LogP contribution in [0.2, 0.25) is 0 Å². The van der Waals surface area contributed by atoms with Crippen LogP contribution in [0.15, 0.2) is 0 Å². The Morgan fingerprint density at radius 3 is 2.33 bits per heavy atom. The van der Waals surface area contributed by atoms with Gasteiger partial charge < -0.3 is 5.32 Å². The maximum absolute atomic E-state index is 12.4. The zero-order valence-corrected chi connectivity index (χ0v) is 10.3. The molecule has 1 unspecified atom stereocenters. The van der Waals surface area contributed by atoms with Crippen LogP contribution in [0, 0.1) is 23.2 Å². The summed E-state index contributed by atoms with van der Waals surface area (Å²) >= 11 is 0. The smallest absolute Gasteiger partial charge is 0.340 e. The van der Waals surface area contributed by atoms with Crippen LogP contribution in [0.4, 0.5) is 13.2 Å². The molecule has 1 N–H and O–H groups in total. The summed E-state index contributed by atoms with van der Waals surface area (Å²) in [5.74, 6) is -1.95. The van der Waals surface area contributed by atoms with Gasteiger partial charge in [-0.25, -0.2) is 0 Å². The second-order valence-corrected chi connectivity index (χ2v) is 4.69. The second-order valence-electron chi connectivity index (χ2n) is 4.69. The number of nitrogens with zero attached hydrogens (tertiary/aromatic N) is 1. The molecule has 3 nitrogen and oxygen atoms in total. The van der Waals surface area contributed by atoms with Crippen LogP contribution in [0.5, 0.6) is 0 Å². The first-order chi connectivity index (χ1) is 8.38.